The van der Waals surface area contributed by atoms with E-state index in [0.29, 0.717) is 6.07 Å². The van der Waals surface area contributed by atoms with Crippen molar-refractivity contribution in [2.45, 2.75) is 23.9 Å². The van der Waals surface area contributed by atoms with Gasteiger partial charge in [-0.05, 0) is 31.0 Å². The molecule has 9 heteroatoms. The Hall–Kier alpha value is -1.61. The van der Waals surface area contributed by atoms with Crippen LogP contribution < -0.4 is 9.83 Å². The van der Waals surface area contributed by atoms with Crippen molar-refractivity contribution in [2.24, 2.45) is 0 Å². The summed E-state index contributed by atoms with van der Waals surface area (Å²) in [7, 11) is -4.10. The molecular formula is C11H11F3NO4S-. The van der Waals surface area contributed by atoms with E-state index in [1.807, 2.05) is 4.72 Å². The number of nitrogens with one attached hydrogen (secondary N) is 1. The van der Waals surface area contributed by atoms with E-state index in [2.05, 4.69) is 0 Å². The molecule has 1 aromatic carbocycles. The monoisotopic (exact) mass is 310 g/mol. The van der Waals surface area contributed by atoms with Crippen LogP contribution in [0.1, 0.15) is 18.4 Å². The lowest BCUT2D eigenvalue weighted by molar-refractivity contribution is -0.305. The number of benzene rings is 1. The van der Waals surface area contributed by atoms with Gasteiger partial charge in [-0.15, -0.1) is 0 Å². The van der Waals surface area contributed by atoms with Crippen molar-refractivity contribution < 1.29 is 31.5 Å². The van der Waals surface area contributed by atoms with Gasteiger partial charge in [-0.1, -0.05) is 6.07 Å². The van der Waals surface area contributed by atoms with Crippen LogP contribution in [0.15, 0.2) is 29.2 Å². The maximum atomic E-state index is 12.5. The third-order valence-electron chi connectivity index (χ3n) is 2.32. The van der Waals surface area contributed by atoms with Gasteiger partial charge < -0.3 is 9.90 Å². The topological polar surface area (TPSA) is 86.3 Å². The quantitative estimate of drug-likeness (QED) is 0.776. The maximum Gasteiger partial charge on any atom is 0.416 e. The fraction of sp³-hybridized carbons (Fsp3) is 0.364. The number of rotatable bonds is 6. The average Bonchev–Trinajstić information content (AvgIpc) is 2.34. The molecule has 0 amide bonds. The Bertz CT molecular complexity index is 584. The van der Waals surface area contributed by atoms with Gasteiger partial charge in [0.25, 0.3) is 0 Å². The number of aliphatic carboxylic acids is 1. The van der Waals surface area contributed by atoms with Crippen molar-refractivity contribution in [1.82, 2.24) is 4.72 Å². The van der Waals surface area contributed by atoms with E-state index in [9.17, 15) is 31.5 Å². The first-order chi connectivity index (χ1) is 9.13. The van der Waals surface area contributed by atoms with Gasteiger partial charge in [-0.3, -0.25) is 0 Å². The zero-order chi connectivity index (χ0) is 15.4. The second kappa shape index (κ2) is 6.23. The minimum atomic E-state index is -4.64. The number of hydrogen-bond donors (Lipinski definition) is 1. The van der Waals surface area contributed by atoms with E-state index in [0.717, 1.165) is 18.2 Å². The summed E-state index contributed by atoms with van der Waals surface area (Å²) in [5.74, 6) is -1.33. The van der Waals surface area contributed by atoms with Gasteiger partial charge in [-0.25, -0.2) is 13.1 Å². The highest BCUT2D eigenvalue weighted by Crippen LogP contribution is 2.30. The standard InChI is InChI=1S/C11H12F3NO4S/c12-11(13,14)8-3-1-4-9(7-8)20(18,19)15-6-2-5-10(16)17/h1,3-4,7,15H,2,5-6H2,(H,16,17)/p-1. The number of hydrogen-bond acceptors (Lipinski definition) is 4. The SMILES string of the molecule is O=C([O-])CCCNS(=O)(=O)c1cccc(C(F)(F)F)c1. The van der Waals surface area contributed by atoms with E-state index in [1.54, 1.807) is 0 Å². The van der Waals surface area contributed by atoms with Gasteiger partial charge in [0.2, 0.25) is 10.0 Å². The molecule has 0 heterocycles. The van der Waals surface area contributed by atoms with Crippen LogP contribution in [0, 0.1) is 0 Å². The summed E-state index contributed by atoms with van der Waals surface area (Å²) >= 11 is 0. The number of sulfonamides is 1. The molecule has 0 saturated heterocycles. The van der Waals surface area contributed by atoms with Crippen molar-refractivity contribution in [3.63, 3.8) is 0 Å². The van der Waals surface area contributed by atoms with Crippen molar-refractivity contribution in [2.75, 3.05) is 6.54 Å². The summed E-state index contributed by atoms with van der Waals surface area (Å²) in [6, 6.07) is 3.28. The van der Waals surface area contributed by atoms with Crippen LogP contribution in [0.5, 0.6) is 0 Å². The molecule has 1 rings (SSSR count). The minimum Gasteiger partial charge on any atom is -0.550 e. The largest absolute Gasteiger partial charge is 0.550 e. The lowest BCUT2D eigenvalue weighted by Crippen LogP contribution is -2.27. The van der Waals surface area contributed by atoms with E-state index < -0.39 is 32.6 Å². The van der Waals surface area contributed by atoms with Crippen molar-refractivity contribution >= 4 is 16.0 Å². The summed E-state index contributed by atoms with van der Waals surface area (Å²) in [6.45, 7) is -0.202. The van der Waals surface area contributed by atoms with E-state index >= 15 is 0 Å². The molecule has 0 unspecified atom stereocenters. The van der Waals surface area contributed by atoms with Crippen LogP contribution in [0.4, 0.5) is 13.2 Å². The smallest absolute Gasteiger partial charge is 0.416 e. The van der Waals surface area contributed by atoms with Crippen LogP contribution in [0.25, 0.3) is 0 Å². The van der Waals surface area contributed by atoms with Crippen LogP contribution in [-0.2, 0) is 21.0 Å². The van der Waals surface area contributed by atoms with Crippen LogP contribution in [-0.4, -0.2) is 20.9 Å². The highest BCUT2D eigenvalue weighted by molar-refractivity contribution is 7.89. The molecule has 0 atom stereocenters. The molecule has 20 heavy (non-hydrogen) atoms. The van der Waals surface area contributed by atoms with E-state index in [1.165, 1.54) is 0 Å². The Labute approximate surface area is 113 Å². The maximum absolute atomic E-state index is 12.5. The third kappa shape index (κ3) is 4.82. The molecule has 5 nitrogen and oxygen atoms in total. The Morgan fingerprint density at radius 2 is 1.95 bits per heavy atom. The third-order valence-corrected chi connectivity index (χ3v) is 3.78. The summed E-state index contributed by atoms with van der Waals surface area (Å²) in [4.78, 5) is 9.61. The first-order valence-corrected chi connectivity index (χ1v) is 6.98. The molecule has 1 aromatic rings. The molecule has 0 spiro atoms. The van der Waals surface area contributed by atoms with Gasteiger partial charge in [0.05, 0.1) is 10.5 Å². The Morgan fingerprint density at radius 1 is 1.30 bits per heavy atom. The van der Waals surface area contributed by atoms with Crippen molar-refractivity contribution in [3.05, 3.63) is 29.8 Å². The van der Waals surface area contributed by atoms with Gasteiger partial charge in [0, 0.05) is 12.5 Å². The van der Waals surface area contributed by atoms with Crippen molar-refractivity contribution in [1.29, 1.82) is 0 Å². The number of carbonyl (C=O) groups is 1. The first kappa shape index (κ1) is 16.4. The highest BCUT2D eigenvalue weighted by Gasteiger charge is 2.31. The molecule has 0 aliphatic carbocycles. The Kier molecular flexibility index (Phi) is 5.12. The second-order valence-electron chi connectivity index (χ2n) is 3.90. The molecule has 0 radical (unpaired) electrons. The normalized spacial score (nSPS) is 12.3. The molecule has 0 aliphatic heterocycles. The molecular weight excluding hydrogens is 299 g/mol. The summed E-state index contributed by atoms with van der Waals surface area (Å²) in [6.07, 6.45) is -4.99. The molecule has 112 valence electrons. The predicted octanol–water partition coefficient (Wildman–Crippen LogP) is 0.514. The second-order valence-corrected chi connectivity index (χ2v) is 5.67. The molecule has 0 aliphatic rings. The summed E-state index contributed by atoms with van der Waals surface area (Å²) < 4.78 is 62.8. The Morgan fingerprint density at radius 3 is 2.50 bits per heavy atom. The number of halogens is 3. The van der Waals surface area contributed by atoms with Crippen LogP contribution in [0.3, 0.4) is 0 Å². The lowest BCUT2D eigenvalue weighted by Gasteiger charge is -2.10. The Balaban J connectivity index is 2.80. The average molecular weight is 310 g/mol. The molecule has 0 fully saturated rings. The number of carbonyl (C=O) groups excluding carboxylic acids is 1. The summed E-state index contributed by atoms with van der Waals surface area (Å²) in [5, 5.41) is 10.1. The van der Waals surface area contributed by atoms with E-state index in [-0.39, 0.29) is 19.4 Å². The van der Waals surface area contributed by atoms with Crippen LogP contribution in [0.2, 0.25) is 0 Å². The van der Waals surface area contributed by atoms with Gasteiger partial charge in [0.15, 0.2) is 0 Å². The first-order valence-electron chi connectivity index (χ1n) is 5.50. The fourth-order valence-corrected chi connectivity index (χ4v) is 2.48. The number of carboxylic acid groups (broad SMARTS) is 1. The molecule has 0 bridgehead atoms. The van der Waals surface area contributed by atoms with Gasteiger partial charge in [0.1, 0.15) is 0 Å². The number of carboxylic acids is 1. The highest BCUT2D eigenvalue weighted by atomic mass is 32.2. The van der Waals surface area contributed by atoms with Crippen molar-refractivity contribution in [3.8, 4) is 0 Å². The minimum absolute atomic E-state index is 0.0134. The lowest BCUT2D eigenvalue weighted by atomic mass is 10.2. The zero-order valence-electron chi connectivity index (χ0n) is 10.1. The zero-order valence-corrected chi connectivity index (χ0v) is 10.9. The van der Waals surface area contributed by atoms with Gasteiger partial charge in [-0.2, -0.15) is 13.2 Å². The number of alkyl halides is 3. The molecule has 1 N–H and O–H groups in total. The van der Waals surface area contributed by atoms with Gasteiger partial charge >= 0.3 is 6.18 Å². The fourth-order valence-electron chi connectivity index (χ4n) is 1.36. The molecule has 0 aromatic heterocycles. The summed E-state index contributed by atoms with van der Waals surface area (Å²) in [5.41, 5.74) is -1.07. The van der Waals surface area contributed by atoms with Crippen LogP contribution >= 0.6 is 0 Å². The predicted molar refractivity (Wildman–Crippen MR) is 60.9 cm³/mol. The van der Waals surface area contributed by atoms with E-state index in [4.69, 9.17) is 0 Å². The molecule has 0 saturated carbocycles.